The van der Waals surface area contributed by atoms with E-state index >= 15 is 0 Å². The maximum absolute atomic E-state index is 14.8. The molecule has 0 aromatic heterocycles. The summed E-state index contributed by atoms with van der Waals surface area (Å²) in [5.74, 6) is -5.77. The smallest absolute Gasteiger partial charge is 0.310 e. The Hall–Kier alpha value is -2.44. The van der Waals surface area contributed by atoms with Gasteiger partial charge in [-0.1, -0.05) is 27.7 Å². The first-order chi connectivity index (χ1) is 30.5. The highest BCUT2D eigenvalue weighted by atomic mass is 16.7. The fourth-order valence-corrected chi connectivity index (χ4v) is 11.9. The molecule has 5 rings (SSSR count). The lowest BCUT2D eigenvalue weighted by molar-refractivity contribution is -0.337. The van der Waals surface area contributed by atoms with Gasteiger partial charge in [0.2, 0.25) is 0 Å². The molecule has 386 valence electrons. The summed E-state index contributed by atoms with van der Waals surface area (Å²) >= 11 is 0. The molecule has 5 aliphatic rings. The Labute approximate surface area is 401 Å². The van der Waals surface area contributed by atoms with Crippen molar-refractivity contribution >= 4 is 23.9 Å². The zero-order valence-electron chi connectivity index (χ0n) is 44.2. The molecule has 5 fully saturated rings. The van der Waals surface area contributed by atoms with Crippen LogP contribution in [0.25, 0.3) is 0 Å². The standard InChI is InChI=1S/C51H89N3O13/c1-43(2,26-59-17)41-61-28-51(29-62-41)30-63-42(64-31-51)44(3,4)27-60-37(55)18-35(39(57)66-33-22-47(9,10)53-48(11,12)23-33)36(40(58)67-34-24-49(13,14)54-50(15,16)25-34)19-38(56)65-32-20-45(5,6)52-46(7,8)21-32/h32-36,41-42,52-54H,18-31H2,1-17H3. The first-order valence-corrected chi connectivity index (χ1v) is 24.6. The number of hydrogen-bond acceptors (Lipinski definition) is 16. The van der Waals surface area contributed by atoms with Gasteiger partial charge in [0, 0.05) is 89.7 Å². The maximum Gasteiger partial charge on any atom is 0.310 e. The summed E-state index contributed by atoms with van der Waals surface area (Å²) in [6.07, 6.45) is -0.594. The number of carbonyl (C=O) groups is 4. The zero-order valence-corrected chi connectivity index (χ0v) is 44.2. The van der Waals surface area contributed by atoms with Gasteiger partial charge in [-0.25, -0.2) is 0 Å². The van der Waals surface area contributed by atoms with Crippen LogP contribution in [0.5, 0.6) is 0 Å². The molecule has 2 atom stereocenters. The third kappa shape index (κ3) is 15.8. The zero-order chi connectivity index (χ0) is 50.2. The van der Waals surface area contributed by atoms with Crippen LogP contribution >= 0.6 is 0 Å². The van der Waals surface area contributed by atoms with Gasteiger partial charge in [-0.3, -0.25) is 19.2 Å². The van der Waals surface area contributed by atoms with Crippen LogP contribution in [0.3, 0.4) is 0 Å². The van der Waals surface area contributed by atoms with Gasteiger partial charge in [0.1, 0.15) is 24.9 Å². The number of ether oxygens (including phenoxy) is 9. The number of rotatable bonds is 16. The van der Waals surface area contributed by atoms with E-state index in [0.29, 0.717) is 71.6 Å². The summed E-state index contributed by atoms with van der Waals surface area (Å²) in [6.45, 7) is 34.1. The summed E-state index contributed by atoms with van der Waals surface area (Å²) in [5.41, 5.74) is -3.79. The van der Waals surface area contributed by atoms with Gasteiger partial charge in [-0.2, -0.15) is 0 Å². The highest BCUT2D eigenvalue weighted by Crippen LogP contribution is 2.40. The second-order valence-corrected chi connectivity index (χ2v) is 26.2. The van der Waals surface area contributed by atoms with E-state index in [4.69, 9.17) is 42.6 Å². The molecule has 5 aliphatic heterocycles. The molecule has 0 aromatic carbocycles. The van der Waals surface area contributed by atoms with Gasteiger partial charge in [0.25, 0.3) is 0 Å². The van der Waals surface area contributed by atoms with Crippen molar-refractivity contribution in [1.82, 2.24) is 16.0 Å². The Kier molecular flexibility index (Phi) is 16.9. The van der Waals surface area contributed by atoms with Crippen LogP contribution in [0, 0.1) is 28.1 Å². The van der Waals surface area contributed by atoms with Gasteiger partial charge in [0.05, 0.1) is 63.1 Å². The predicted octanol–water partition coefficient (Wildman–Crippen LogP) is 6.53. The predicted molar refractivity (Wildman–Crippen MR) is 252 cm³/mol. The van der Waals surface area contributed by atoms with Crippen LogP contribution in [0.1, 0.15) is 162 Å². The summed E-state index contributed by atoms with van der Waals surface area (Å²) in [4.78, 5) is 57.9. The van der Waals surface area contributed by atoms with E-state index in [9.17, 15) is 19.2 Å². The number of piperidine rings is 3. The van der Waals surface area contributed by atoms with Crippen LogP contribution in [0.15, 0.2) is 0 Å². The van der Waals surface area contributed by atoms with E-state index in [1.54, 1.807) is 7.11 Å². The molecule has 16 nitrogen and oxygen atoms in total. The van der Waals surface area contributed by atoms with Crippen molar-refractivity contribution in [3.63, 3.8) is 0 Å². The minimum atomic E-state index is -1.42. The van der Waals surface area contributed by atoms with Crippen LogP contribution < -0.4 is 16.0 Å². The quantitative estimate of drug-likeness (QED) is 0.112. The third-order valence-electron chi connectivity index (χ3n) is 13.7. The Morgan fingerprint density at radius 2 is 0.791 bits per heavy atom. The molecule has 67 heavy (non-hydrogen) atoms. The molecule has 0 aromatic rings. The molecular formula is C51H89N3O13. The van der Waals surface area contributed by atoms with E-state index in [-0.39, 0.29) is 45.3 Å². The first kappa shape index (κ1) is 55.5. The monoisotopic (exact) mass is 952 g/mol. The molecule has 16 heteroatoms. The molecule has 5 heterocycles. The highest BCUT2D eigenvalue weighted by Gasteiger charge is 2.50. The van der Waals surface area contributed by atoms with E-state index in [1.165, 1.54) is 0 Å². The molecule has 0 saturated carbocycles. The second-order valence-electron chi connectivity index (χ2n) is 26.2. The molecule has 5 saturated heterocycles. The number of methoxy groups -OCH3 is 1. The van der Waals surface area contributed by atoms with E-state index in [2.05, 4.69) is 43.6 Å². The maximum atomic E-state index is 14.8. The van der Waals surface area contributed by atoms with Crippen molar-refractivity contribution in [2.45, 2.75) is 226 Å². The summed E-state index contributed by atoms with van der Waals surface area (Å²) in [5, 5.41) is 10.8. The van der Waals surface area contributed by atoms with Crippen molar-refractivity contribution in [3.05, 3.63) is 0 Å². The van der Waals surface area contributed by atoms with Crippen LogP contribution in [0.4, 0.5) is 0 Å². The normalized spacial score (nSPS) is 29.6. The summed E-state index contributed by atoms with van der Waals surface area (Å²) < 4.78 is 54.9. The number of nitrogens with one attached hydrogen (secondary N) is 3. The third-order valence-corrected chi connectivity index (χ3v) is 13.7. The lowest BCUT2D eigenvalue weighted by Crippen LogP contribution is -2.60. The lowest BCUT2D eigenvalue weighted by atomic mass is 9.80. The molecule has 0 aliphatic carbocycles. The van der Waals surface area contributed by atoms with Gasteiger partial charge in [-0.05, 0) is 83.1 Å². The van der Waals surface area contributed by atoms with Crippen molar-refractivity contribution in [3.8, 4) is 0 Å². The lowest BCUT2D eigenvalue weighted by Gasteiger charge is -2.48. The van der Waals surface area contributed by atoms with Gasteiger partial charge >= 0.3 is 23.9 Å². The van der Waals surface area contributed by atoms with Crippen molar-refractivity contribution in [2.24, 2.45) is 28.1 Å². The second kappa shape index (κ2) is 20.4. The summed E-state index contributed by atoms with van der Waals surface area (Å²) in [6, 6.07) is 0. The fourth-order valence-electron chi connectivity index (χ4n) is 11.9. The molecule has 3 N–H and O–H groups in total. The van der Waals surface area contributed by atoms with Crippen molar-refractivity contribution in [1.29, 1.82) is 0 Å². The number of carbonyl (C=O) groups excluding carboxylic acids is 4. The Morgan fingerprint density at radius 3 is 1.12 bits per heavy atom. The van der Waals surface area contributed by atoms with Crippen molar-refractivity contribution < 1.29 is 61.8 Å². The molecule has 0 bridgehead atoms. The molecular weight excluding hydrogens is 863 g/mol. The molecule has 0 amide bonds. The summed E-state index contributed by atoms with van der Waals surface area (Å²) in [7, 11) is 1.65. The first-order valence-electron chi connectivity index (χ1n) is 24.6. The molecule has 2 unspecified atom stereocenters. The van der Waals surface area contributed by atoms with E-state index in [0.717, 1.165) is 0 Å². The Bertz CT molecular complexity index is 1690. The molecule has 0 radical (unpaired) electrons. The van der Waals surface area contributed by atoms with E-state index < -0.39 is 90.3 Å². The minimum Gasteiger partial charge on any atom is -0.465 e. The average Bonchev–Trinajstić information content (AvgIpc) is 3.11. The number of hydrogen-bond donors (Lipinski definition) is 3. The minimum absolute atomic E-state index is 0.125. The largest absolute Gasteiger partial charge is 0.465 e. The number of esters is 4. The van der Waals surface area contributed by atoms with Crippen molar-refractivity contribution in [2.75, 3.05) is 46.8 Å². The topological polar surface area (TPSA) is 187 Å². The van der Waals surface area contributed by atoms with Crippen LogP contribution in [-0.4, -0.2) is 135 Å². The van der Waals surface area contributed by atoms with Gasteiger partial charge in [0.15, 0.2) is 12.6 Å². The average molecular weight is 952 g/mol. The van der Waals surface area contributed by atoms with Crippen LogP contribution in [0.2, 0.25) is 0 Å². The Morgan fingerprint density at radius 1 is 0.493 bits per heavy atom. The molecule has 1 spiro atoms. The van der Waals surface area contributed by atoms with E-state index in [1.807, 2.05) is 83.1 Å². The highest BCUT2D eigenvalue weighted by molar-refractivity contribution is 5.88. The SMILES string of the molecule is COCC(C)(C)C1OCC2(CO1)COC(C(C)(C)COC(=O)CC(C(=O)OC1CC(C)(C)NC(C)(C)C1)C(CC(=O)OC1CC(C)(C)NC(C)(C)C1)C(=O)OC1CC(C)(C)NC(C)(C)C1)OC2. The Balaban J connectivity index is 1.36. The van der Waals surface area contributed by atoms with Gasteiger partial charge < -0.3 is 58.6 Å². The fraction of sp³-hybridized carbons (Fsp3) is 0.922. The van der Waals surface area contributed by atoms with Crippen LogP contribution in [-0.2, 0) is 61.8 Å². The van der Waals surface area contributed by atoms with Gasteiger partial charge in [-0.15, -0.1) is 0 Å².